The van der Waals surface area contributed by atoms with Crippen LogP contribution in [0.25, 0.3) is 5.70 Å². The van der Waals surface area contributed by atoms with Gasteiger partial charge in [-0.05, 0) is 25.1 Å². The Balaban J connectivity index is 2.97. The summed E-state index contributed by atoms with van der Waals surface area (Å²) in [5.74, 6) is 0.548. The molecule has 0 heterocycles. The highest BCUT2D eigenvalue weighted by atomic mass is 14.7. The summed E-state index contributed by atoms with van der Waals surface area (Å²) in [6.45, 7) is 10.1. The van der Waals surface area contributed by atoms with E-state index in [0.29, 0.717) is 5.92 Å². The molecule has 1 nitrogen and oxygen atoms in total. The van der Waals surface area contributed by atoms with Crippen LogP contribution in [0.15, 0.2) is 35.3 Å². The van der Waals surface area contributed by atoms with Crippen LogP contribution < -0.4 is 0 Å². The smallest absolute Gasteiger partial charge is 0.0657 e. The second-order valence-corrected chi connectivity index (χ2v) is 3.96. The Morgan fingerprint density at radius 2 is 2.00 bits per heavy atom. The zero-order chi connectivity index (χ0) is 11.3. The fraction of sp³-hybridized carbons (Fsp3) is 0.357. The number of aryl methyl sites for hydroxylation is 1. The molecule has 1 rings (SSSR count). The van der Waals surface area contributed by atoms with Crippen LogP contribution in [0, 0.1) is 12.8 Å². The molecule has 0 bridgehead atoms. The molecule has 15 heavy (non-hydrogen) atoms. The molecule has 0 amide bonds. The lowest BCUT2D eigenvalue weighted by atomic mass is 10.0. The lowest BCUT2D eigenvalue weighted by molar-refractivity contribution is 0.699. The molecule has 0 aliphatic carbocycles. The quantitative estimate of drug-likeness (QED) is 0.651. The summed E-state index contributed by atoms with van der Waals surface area (Å²) in [5.41, 5.74) is 3.41. The number of allylic oxidation sites excluding steroid dienone is 1. The van der Waals surface area contributed by atoms with Gasteiger partial charge in [-0.1, -0.05) is 56.2 Å². The van der Waals surface area contributed by atoms with Crippen molar-refractivity contribution in [3.8, 4) is 0 Å². The van der Waals surface area contributed by atoms with Gasteiger partial charge in [-0.25, -0.2) is 0 Å². The van der Waals surface area contributed by atoms with E-state index in [1.807, 2.05) is 0 Å². The Morgan fingerprint density at radius 3 is 2.47 bits per heavy atom. The first-order valence-electron chi connectivity index (χ1n) is 5.43. The maximum atomic E-state index is 4.09. The van der Waals surface area contributed by atoms with Crippen molar-refractivity contribution in [1.82, 2.24) is 0 Å². The van der Waals surface area contributed by atoms with Crippen molar-refractivity contribution in [3.63, 3.8) is 0 Å². The van der Waals surface area contributed by atoms with Gasteiger partial charge < -0.3 is 0 Å². The van der Waals surface area contributed by atoms with Gasteiger partial charge in [0.15, 0.2) is 0 Å². The number of hydrogen-bond donors (Lipinski definition) is 0. The summed E-state index contributed by atoms with van der Waals surface area (Å²) in [4.78, 5) is 4.09. The highest BCUT2D eigenvalue weighted by molar-refractivity contribution is 5.68. The fourth-order valence-electron chi connectivity index (χ4n) is 1.35. The summed E-state index contributed by atoms with van der Waals surface area (Å²) < 4.78 is 0. The summed E-state index contributed by atoms with van der Waals surface area (Å²) in [6.07, 6.45) is 3.31. The van der Waals surface area contributed by atoms with Crippen molar-refractivity contribution in [1.29, 1.82) is 0 Å². The zero-order valence-corrected chi connectivity index (χ0v) is 9.83. The van der Waals surface area contributed by atoms with Crippen LogP contribution in [-0.2, 0) is 0 Å². The van der Waals surface area contributed by atoms with E-state index < -0.39 is 0 Å². The van der Waals surface area contributed by atoms with Crippen LogP contribution in [0.1, 0.15) is 31.4 Å². The van der Waals surface area contributed by atoms with Crippen LogP contribution in [-0.4, -0.2) is 6.72 Å². The molecule has 1 atom stereocenters. The Bertz CT molecular complexity index is 346. The predicted octanol–water partition coefficient (Wildman–Crippen LogP) is 4.08. The van der Waals surface area contributed by atoms with Crippen molar-refractivity contribution >= 4 is 12.4 Å². The Morgan fingerprint density at radius 1 is 1.40 bits per heavy atom. The number of rotatable bonds is 4. The van der Waals surface area contributed by atoms with E-state index in [0.717, 1.165) is 17.7 Å². The summed E-state index contributed by atoms with van der Waals surface area (Å²) in [6, 6.07) is 8.40. The lowest BCUT2D eigenvalue weighted by Crippen LogP contribution is -1.89. The van der Waals surface area contributed by atoms with Crippen LogP contribution in [0.2, 0.25) is 0 Å². The first-order valence-corrected chi connectivity index (χ1v) is 5.43. The summed E-state index contributed by atoms with van der Waals surface area (Å²) >= 11 is 0. The van der Waals surface area contributed by atoms with Crippen LogP contribution in [0.5, 0.6) is 0 Å². The van der Waals surface area contributed by atoms with Crippen molar-refractivity contribution in [2.75, 3.05) is 0 Å². The van der Waals surface area contributed by atoms with Crippen molar-refractivity contribution < 1.29 is 0 Å². The van der Waals surface area contributed by atoms with Gasteiger partial charge in [0.2, 0.25) is 0 Å². The molecule has 0 saturated heterocycles. The molecule has 0 radical (unpaired) electrons. The Kier molecular flexibility index (Phi) is 4.29. The molecule has 0 aliphatic rings. The largest absolute Gasteiger partial charge is 0.264 e. The first-order chi connectivity index (χ1) is 7.17. The molecule has 1 aromatic carbocycles. The average molecular weight is 201 g/mol. The minimum Gasteiger partial charge on any atom is -0.264 e. The molecular weight excluding hydrogens is 182 g/mol. The molecule has 1 heteroatoms. The minimum absolute atomic E-state index is 0.548. The van der Waals surface area contributed by atoms with Gasteiger partial charge in [-0.15, -0.1) is 0 Å². The number of benzene rings is 1. The third-order valence-electron chi connectivity index (χ3n) is 2.60. The van der Waals surface area contributed by atoms with E-state index in [9.17, 15) is 0 Å². The maximum Gasteiger partial charge on any atom is 0.0657 e. The van der Waals surface area contributed by atoms with Gasteiger partial charge in [-0.2, -0.15) is 0 Å². The minimum atomic E-state index is 0.548. The van der Waals surface area contributed by atoms with Gasteiger partial charge in [0.05, 0.1) is 5.70 Å². The zero-order valence-electron chi connectivity index (χ0n) is 9.83. The van der Waals surface area contributed by atoms with Crippen molar-refractivity contribution in [2.45, 2.75) is 27.2 Å². The second kappa shape index (κ2) is 5.50. The monoisotopic (exact) mass is 201 g/mol. The van der Waals surface area contributed by atoms with Crippen LogP contribution in [0.3, 0.4) is 0 Å². The van der Waals surface area contributed by atoms with Gasteiger partial charge in [-0.3, -0.25) is 4.99 Å². The predicted molar refractivity (Wildman–Crippen MR) is 68.2 cm³/mol. The van der Waals surface area contributed by atoms with Gasteiger partial charge >= 0.3 is 0 Å². The van der Waals surface area contributed by atoms with E-state index in [1.54, 1.807) is 0 Å². The van der Waals surface area contributed by atoms with Gasteiger partial charge in [0.1, 0.15) is 0 Å². The van der Waals surface area contributed by atoms with Gasteiger partial charge in [0.25, 0.3) is 0 Å². The first kappa shape index (κ1) is 11.7. The van der Waals surface area contributed by atoms with Crippen LogP contribution in [0.4, 0.5) is 0 Å². The van der Waals surface area contributed by atoms with E-state index in [1.165, 1.54) is 5.56 Å². The molecule has 80 valence electrons. The number of nitrogens with zero attached hydrogens (tertiary/aromatic N) is 1. The molecule has 0 aromatic heterocycles. The summed E-state index contributed by atoms with van der Waals surface area (Å²) in [7, 11) is 0. The highest BCUT2D eigenvalue weighted by Gasteiger charge is 2.01. The van der Waals surface area contributed by atoms with Crippen molar-refractivity contribution in [2.24, 2.45) is 10.9 Å². The lowest BCUT2D eigenvalue weighted by Gasteiger charge is -2.06. The summed E-state index contributed by atoms with van der Waals surface area (Å²) in [5, 5.41) is 0. The van der Waals surface area contributed by atoms with E-state index >= 15 is 0 Å². The Hall–Kier alpha value is -1.37. The molecule has 1 aromatic rings. The highest BCUT2D eigenvalue weighted by Crippen LogP contribution is 2.19. The van der Waals surface area contributed by atoms with E-state index in [2.05, 4.69) is 62.8 Å². The fourth-order valence-corrected chi connectivity index (χ4v) is 1.35. The van der Waals surface area contributed by atoms with E-state index in [4.69, 9.17) is 0 Å². The molecular formula is C14H19N. The normalized spacial score (nSPS) is 13.7. The topological polar surface area (TPSA) is 12.4 Å². The molecule has 0 spiro atoms. The molecule has 0 fully saturated rings. The second-order valence-electron chi connectivity index (χ2n) is 3.96. The van der Waals surface area contributed by atoms with E-state index in [-0.39, 0.29) is 0 Å². The molecule has 0 saturated carbocycles. The third kappa shape index (κ3) is 3.35. The SMILES string of the molecule is C=N/C(=C\C(C)CC)c1ccc(C)cc1. The maximum absolute atomic E-state index is 4.09. The van der Waals surface area contributed by atoms with Crippen molar-refractivity contribution in [3.05, 3.63) is 41.5 Å². The third-order valence-corrected chi connectivity index (χ3v) is 2.60. The van der Waals surface area contributed by atoms with Crippen LogP contribution >= 0.6 is 0 Å². The van der Waals surface area contributed by atoms with Gasteiger partial charge in [0, 0.05) is 0 Å². The number of aliphatic imine (C=N–C) groups is 1. The molecule has 1 unspecified atom stereocenters. The molecule has 0 aliphatic heterocycles. The average Bonchev–Trinajstić information content (AvgIpc) is 2.27. The standard InChI is InChI=1S/C14H19N/c1-5-11(2)10-14(15-4)13-8-6-12(3)7-9-13/h6-11H,4-5H2,1-3H3/b14-10-. The molecule has 0 N–H and O–H groups in total. The number of hydrogen-bond acceptors (Lipinski definition) is 1. The Labute approximate surface area is 92.6 Å².